The smallest absolute Gasteiger partial charge is 0.267 e. The van der Waals surface area contributed by atoms with Gasteiger partial charge in [0.2, 0.25) is 0 Å². The van der Waals surface area contributed by atoms with Crippen LogP contribution in [0.4, 0.5) is 5.69 Å². The largest absolute Gasteiger partial charge is 0.493 e. The Morgan fingerprint density at radius 2 is 1.93 bits per heavy atom. The Morgan fingerprint density at radius 1 is 1.21 bits per heavy atom. The van der Waals surface area contributed by atoms with Crippen molar-refractivity contribution in [2.24, 2.45) is 0 Å². The van der Waals surface area contributed by atoms with Gasteiger partial charge in [-0.3, -0.25) is 4.79 Å². The van der Waals surface area contributed by atoms with Gasteiger partial charge in [-0.05, 0) is 49.1 Å². The summed E-state index contributed by atoms with van der Waals surface area (Å²) in [4.78, 5) is 12.6. The predicted molar refractivity (Wildman–Crippen MR) is 114 cm³/mol. The van der Waals surface area contributed by atoms with Gasteiger partial charge in [0.1, 0.15) is 11.6 Å². The first-order valence-electron chi connectivity index (χ1n) is 9.43. The van der Waals surface area contributed by atoms with Gasteiger partial charge < -0.3 is 20.1 Å². The fourth-order valence-electron chi connectivity index (χ4n) is 2.96. The number of rotatable bonds is 8. The molecule has 1 amide bonds. The maximum absolute atomic E-state index is 12.6. The van der Waals surface area contributed by atoms with E-state index >= 15 is 0 Å². The molecule has 0 aliphatic carbocycles. The Balaban J connectivity index is 2.16. The van der Waals surface area contributed by atoms with Crippen molar-refractivity contribution < 1.29 is 14.3 Å². The summed E-state index contributed by atoms with van der Waals surface area (Å²) in [5.41, 5.74) is 3.68. The number of nitrogens with one attached hydrogen (secondary N) is 2. The number of ether oxygens (including phenoxy) is 2. The summed E-state index contributed by atoms with van der Waals surface area (Å²) in [7, 11) is 3.16. The van der Waals surface area contributed by atoms with Gasteiger partial charge in [-0.1, -0.05) is 31.2 Å². The van der Waals surface area contributed by atoms with E-state index in [1.165, 1.54) is 6.20 Å². The number of nitriles is 1. The summed E-state index contributed by atoms with van der Waals surface area (Å²) < 4.78 is 10.6. The monoisotopic (exact) mass is 393 g/mol. The average Bonchev–Trinajstić information content (AvgIpc) is 2.74. The lowest BCUT2D eigenvalue weighted by Crippen LogP contribution is -2.19. The summed E-state index contributed by atoms with van der Waals surface area (Å²) >= 11 is 0. The molecule has 0 fully saturated rings. The second-order valence-corrected chi connectivity index (χ2v) is 6.59. The van der Waals surface area contributed by atoms with Crippen molar-refractivity contribution in [1.29, 1.82) is 5.26 Å². The molecule has 2 aromatic rings. The van der Waals surface area contributed by atoms with Crippen molar-refractivity contribution in [3.8, 4) is 17.6 Å². The van der Waals surface area contributed by atoms with Crippen molar-refractivity contribution in [3.63, 3.8) is 0 Å². The fourth-order valence-corrected chi connectivity index (χ4v) is 2.96. The zero-order chi connectivity index (χ0) is 21.4. The number of hydrogen-bond donors (Lipinski definition) is 2. The third-order valence-electron chi connectivity index (χ3n) is 4.73. The third-order valence-corrected chi connectivity index (χ3v) is 4.73. The van der Waals surface area contributed by atoms with E-state index in [1.807, 2.05) is 63.2 Å². The highest BCUT2D eigenvalue weighted by molar-refractivity contribution is 6.07. The van der Waals surface area contributed by atoms with E-state index in [-0.39, 0.29) is 11.6 Å². The number of amides is 1. The first kappa shape index (κ1) is 21.8. The molecule has 152 valence electrons. The van der Waals surface area contributed by atoms with Gasteiger partial charge in [0, 0.05) is 17.9 Å². The summed E-state index contributed by atoms with van der Waals surface area (Å²) in [5.74, 6) is 0.817. The number of hydrogen-bond acceptors (Lipinski definition) is 5. The van der Waals surface area contributed by atoms with Crippen LogP contribution in [-0.4, -0.2) is 20.1 Å². The van der Waals surface area contributed by atoms with Crippen LogP contribution in [0, 0.1) is 18.3 Å². The topological polar surface area (TPSA) is 83.4 Å². The zero-order valence-corrected chi connectivity index (χ0v) is 17.5. The fraction of sp³-hybridized carbons (Fsp3) is 0.304. The maximum atomic E-state index is 12.6. The molecule has 0 saturated heterocycles. The predicted octanol–water partition coefficient (Wildman–Crippen LogP) is 4.27. The molecule has 2 aromatic carbocycles. The highest BCUT2D eigenvalue weighted by Gasteiger charge is 2.14. The van der Waals surface area contributed by atoms with Crippen LogP contribution in [0.3, 0.4) is 0 Å². The quantitative estimate of drug-likeness (QED) is 0.517. The number of carbonyl (C=O) groups excluding carboxylic acids is 1. The molecule has 2 N–H and O–H groups in total. The first-order valence-corrected chi connectivity index (χ1v) is 9.43. The average molecular weight is 393 g/mol. The van der Waals surface area contributed by atoms with Crippen molar-refractivity contribution in [3.05, 3.63) is 64.9 Å². The number of methoxy groups -OCH3 is 2. The molecule has 2 rings (SSSR count). The molecule has 0 saturated carbocycles. The lowest BCUT2D eigenvalue weighted by molar-refractivity contribution is -0.112. The van der Waals surface area contributed by atoms with E-state index in [2.05, 4.69) is 10.6 Å². The molecule has 0 heterocycles. The minimum Gasteiger partial charge on any atom is -0.493 e. The van der Waals surface area contributed by atoms with Crippen LogP contribution in [0.25, 0.3) is 0 Å². The van der Waals surface area contributed by atoms with Crippen LogP contribution in [0.2, 0.25) is 0 Å². The van der Waals surface area contributed by atoms with Crippen molar-refractivity contribution in [2.75, 3.05) is 19.5 Å². The van der Waals surface area contributed by atoms with Crippen LogP contribution < -0.4 is 20.1 Å². The molecular formula is C23H27N3O3. The Morgan fingerprint density at radius 3 is 2.55 bits per heavy atom. The highest BCUT2D eigenvalue weighted by atomic mass is 16.5. The Bertz CT molecular complexity index is 945. The van der Waals surface area contributed by atoms with E-state index in [4.69, 9.17) is 9.47 Å². The molecule has 0 aliphatic heterocycles. The van der Waals surface area contributed by atoms with Crippen molar-refractivity contribution in [1.82, 2.24) is 5.32 Å². The number of nitrogens with zero attached hydrogens (tertiary/aromatic N) is 1. The van der Waals surface area contributed by atoms with E-state index < -0.39 is 5.91 Å². The molecule has 29 heavy (non-hydrogen) atoms. The zero-order valence-electron chi connectivity index (χ0n) is 17.5. The normalized spacial score (nSPS) is 11.9. The number of para-hydroxylation sites is 1. The standard InChI is InChI=1S/C23H27N3O3/c1-6-17-9-7-8-15(2)22(17)26-23(27)19(13-24)14-25-16(3)18-10-11-20(28-4)21(12-18)29-5/h7-12,14,16,25H,6H2,1-5H3,(H,26,27)/b19-14-. The maximum Gasteiger partial charge on any atom is 0.267 e. The number of benzene rings is 2. The lowest BCUT2D eigenvalue weighted by atomic mass is 10.1. The summed E-state index contributed by atoms with van der Waals surface area (Å²) in [5, 5.41) is 15.4. The van der Waals surface area contributed by atoms with Gasteiger partial charge >= 0.3 is 0 Å². The SMILES string of the molecule is CCc1cccc(C)c1NC(=O)/C(C#N)=C\NC(C)c1ccc(OC)c(OC)c1. The molecule has 1 unspecified atom stereocenters. The van der Waals surface area contributed by atoms with Crippen LogP contribution in [0.1, 0.15) is 36.6 Å². The number of carbonyl (C=O) groups is 1. The molecule has 1 atom stereocenters. The molecule has 0 radical (unpaired) electrons. The van der Waals surface area contributed by atoms with Gasteiger partial charge in [-0.15, -0.1) is 0 Å². The molecule has 0 bridgehead atoms. The van der Waals surface area contributed by atoms with Crippen LogP contribution in [0.15, 0.2) is 48.2 Å². The molecule has 6 heteroatoms. The Hall–Kier alpha value is -3.46. The van der Waals surface area contributed by atoms with Crippen LogP contribution in [-0.2, 0) is 11.2 Å². The lowest BCUT2D eigenvalue weighted by Gasteiger charge is -2.16. The van der Waals surface area contributed by atoms with Crippen LogP contribution in [0.5, 0.6) is 11.5 Å². The minimum absolute atomic E-state index is 0.00244. The van der Waals surface area contributed by atoms with Crippen LogP contribution >= 0.6 is 0 Å². The second-order valence-electron chi connectivity index (χ2n) is 6.59. The first-order chi connectivity index (χ1) is 13.9. The third kappa shape index (κ3) is 5.29. The Labute approximate surface area is 172 Å². The van der Waals surface area contributed by atoms with E-state index in [0.717, 1.165) is 28.8 Å². The van der Waals surface area contributed by atoms with E-state index in [1.54, 1.807) is 14.2 Å². The molecular weight excluding hydrogens is 366 g/mol. The number of anilines is 1. The van der Waals surface area contributed by atoms with Gasteiger partial charge in [-0.25, -0.2) is 0 Å². The summed E-state index contributed by atoms with van der Waals surface area (Å²) in [6.07, 6.45) is 2.23. The number of aryl methyl sites for hydroxylation is 2. The Kier molecular flexibility index (Phi) is 7.67. The minimum atomic E-state index is -0.441. The molecule has 0 spiro atoms. The summed E-state index contributed by atoms with van der Waals surface area (Å²) in [6.45, 7) is 5.89. The van der Waals surface area contributed by atoms with E-state index in [0.29, 0.717) is 11.5 Å². The molecule has 6 nitrogen and oxygen atoms in total. The van der Waals surface area contributed by atoms with Gasteiger partial charge in [0.25, 0.3) is 5.91 Å². The molecule has 0 aromatic heterocycles. The second kappa shape index (κ2) is 10.2. The highest BCUT2D eigenvalue weighted by Crippen LogP contribution is 2.30. The van der Waals surface area contributed by atoms with Gasteiger partial charge in [-0.2, -0.15) is 5.26 Å². The summed E-state index contributed by atoms with van der Waals surface area (Å²) in [6, 6.07) is 13.3. The van der Waals surface area contributed by atoms with Gasteiger partial charge in [0.15, 0.2) is 11.5 Å². The van der Waals surface area contributed by atoms with Crippen molar-refractivity contribution >= 4 is 11.6 Å². The van der Waals surface area contributed by atoms with Gasteiger partial charge in [0.05, 0.1) is 14.2 Å². The van der Waals surface area contributed by atoms with E-state index in [9.17, 15) is 10.1 Å². The van der Waals surface area contributed by atoms with Crippen molar-refractivity contribution in [2.45, 2.75) is 33.2 Å². The molecule has 0 aliphatic rings.